The third-order valence-corrected chi connectivity index (χ3v) is 4.27. The molecule has 0 radical (unpaired) electrons. The standard InChI is InChI=1S/C18H23F3N2O4/c1-2-26-14-3-5-15(6-4-14)27-12-16(24)23-9-7-13(8-10-23)11-22-17(25)18(19,20)21/h3-6,13H,2,7-12H2,1H3,(H,22,25). The van der Waals surface area contributed by atoms with Gasteiger partial charge in [0.2, 0.25) is 0 Å². The summed E-state index contributed by atoms with van der Waals surface area (Å²) >= 11 is 0. The molecule has 1 heterocycles. The molecule has 27 heavy (non-hydrogen) atoms. The topological polar surface area (TPSA) is 67.9 Å². The lowest BCUT2D eigenvalue weighted by Gasteiger charge is -2.32. The molecule has 0 aromatic heterocycles. The van der Waals surface area contributed by atoms with Gasteiger partial charge in [-0.1, -0.05) is 0 Å². The van der Waals surface area contributed by atoms with E-state index < -0.39 is 12.1 Å². The SMILES string of the molecule is CCOc1ccc(OCC(=O)N2CCC(CNC(=O)C(F)(F)F)CC2)cc1. The van der Waals surface area contributed by atoms with Crippen molar-refractivity contribution in [2.75, 3.05) is 32.8 Å². The number of piperidine rings is 1. The highest BCUT2D eigenvalue weighted by Gasteiger charge is 2.38. The maximum Gasteiger partial charge on any atom is 0.471 e. The Bertz CT molecular complexity index is 626. The summed E-state index contributed by atoms with van der Waals surface area (Å²) in [6.07, 6.45) is -3.80. The number of halogens is 3. The molecule has 6 nitrogen and oxygen atoms in total. The van der Waals surface area contributed by atoms with E-state index in [0.717, 1.165) is 5.75 Å². The number of ether oxygens (including phenoxy) is 2. The van der Waals surface area contributed by atoms with Crippen molar-refractivity contribution in [1.29, 1.82) is 0 Å². The van der Waals surface area contributed by atoms with Gasteiger partial charge in [-0.15, -0.1) is 0 Å². The number of nitrogens with one attached hydrogen (secondary N) is 1. The van der Waals surface area contributed by atoms with Crippen molar-refractivity contribution in [3.63, 3.8) is 0 Å². The van der Waals surface area contributed by atoms with E-state index in [0.29, 0.717) is 38.3 Å². The number of carbonyl (C=O) groups excluding carboxylic acids is 2. The minimum atomic E-state index is -4.87. The van der Waals surface area contributed by atoms with Crippen LogP contribution in [0, 0.1) is 5.92 Å². The fourth-order valence-corrected chi connectivity index (χ4v) is 2.76. The molecule has 2 rings (SSSR count). The zero-order valence-corrected chi connectivity index (χ0v) is 15.1. The Morgan fingerprint density at radius 1 is 1.11 bits per heavy atom. The largest absolute Gasteiger partial charge is 0.494 e. The van der Waals surface area contributed by atoms with Gasteiger partial charge in [-0.2, -0.15) is 13.2 Å². The van der Waals surface area contributed by atoms with E-state index in [9.17, 15) is 22.8 Å². The fourth-order valence-electron chi connectivity index (χ4n) is 2.76. The summed E-state index contributed by atoms with van der Waals surface area (Å²) in [5.41, 5.74) is 0. The number of hydrogen-bond acceptors (Lipinski definition) is 4. The molecular weight excluding hydrogens is 365 g/mol. The Balaban J connectivity index is 1.69. The van der Waals surface area contributed by atoms with E-state index >= 15 is 0 Å². The van der Waals surface area contributed by atoms with E-state index in [2.05, 4.69) is 0 Å². The maximum atomic E-state index is 12.2. The molecule has 0 spiro atoms. The van der Waals surface area contributed by atoms with Crippen LogP contribution >= 0.6 is 0 Å². The number of benzene rings is 1. The van der Waals surface area contributed by atoms with Crippen LogP contribution in [0.3, 0.4) is 0 Å². The van der Waals surface area contributed by atoms with E-state index in [-0.39, 0.29) is 25.0 Å². The van der Waals surface area contributed by atoms with Gasteiger partial charge in [-0.25, -0.2) is 0 Å². The molecule has 0 aliphatic carbocycles. The van der Waals surface area contributed by atoms with Gasteiger partial charge in [0.05, 0.1) is 6.61 Å². The molecule has 0 bridgehead atoms. The predicted octanol–water partition coefficient (Wildman–Crippen LogP) is 2.38. The van der Waals surface area contributed by atoms with Crippen LogP contribution in [0.25, 0.3) is 0 Å². The zero-order valence-electron chi connectivity index (χ0n) is 15.1. The number of carbonyl (C=O) groups is 2. The highest BCUT2D eigenvalue weighted by molar-refractivity contribution is 5.81. The van der Waals surface area contributed by atoms with Gasteiger partial charge in [0.1, 0.15) is 11.5 Å². The molecule has 1 aliphatic rings. The summed E-state index contributed by atoms with van der Waals surface area (Å²) in [7, 11) is 0. The first-order valence-corrected chi connectivity index (χ1v) is 8.78. The van der Waals surface area contributed by atoms with Gasteiger partial charge in [0, 0.05) is 19.6 Å². The van der Waals surface area contributed by atoms with Crippen molar-refractivity contribution in [2.24, 2.45) is 5.92 Å². The lowest BCUT2D eigenvalue weighted by molar-refractivity contribution is -0.173. The van der Waals surface area contributed by atoms with Gasteiger partial charge in [0.15, 0.2) is 6.61 Å². The van der Waals surface area contributed by atoms with Crippen molar-refractivity contribution in [1.82, 2.24) is 10.2 Å². The first kappa shape index (κ1) is 20.9. The Morgan fingerprint density at radius 2 is 1.67 bits per heavy atom. The first-order valence-electron chi connectivity index (χ1n) is 8.78. The smallest absolute Gasteiger partial charge is 0.471 e. The second-order valence-electron chi connectivity index (χ2n) is 6.23. The average Bonchev–Trinajstić information content (AvgIpc) is 2.65. The summed E-state index contributed by atoms with van der Waals surface area (Å²) < 4.78 is 47.3. The van der Waals surface area contributed by atoms with Crippen molar-refractivity contribution >= 4 is 11.8 Å². The Kier molecular flexibility index (Phi) is 7.32. The van der Waals surface area contributed by atoms with Crippen LogP contribution in [0.4, 0.5) is 13.2 Å². The first-order chi connectivity index (χ1) is 12.8. The Hall–Kier alpha value is -2.45. The second kappa shape index (κ2) is 9.48. The normalized spacial score (nSPS) is 15.3. The quantitative estimate of drug-likeness (QED) is 0.779. The van der Waals surface area contributed by atoms with Crippen LogP contribution < -0.4 is 14.8 Å². The number of amides is 2. The maximum absolute atomic E-state index is 12.2. The molecule has 1 N–H and O–H groups in total. The summed E-state index contributed by atoms with van der Waals surface area (Å²) in [6, 6.07) is 6.94. The number of hydrogen-bond donors (Lipinski definition) is 1. The van der Waals surface area contributed by atoms with E-state index in [1.54, 1.807) is 29.2 Å². The van der Waals surface area contributed by atoms with Crippen LogP contribution in [-0.4, -0.2) is 55.7 Å². The van der Waals surface area contributed by atoms with Crippen LogP contribution in [-0.2, 0) is 9.59 Å². The fraction of sp³-hybridized carbons (Fsp3) is 0.556. The van der Waals surface area contributed by atoms with Crippen LogP contribution in [0.1, 0.15) is 19.8 Å². The molecule has 1 fully saturated rings. The Labute approximate surface area is 155 Å². The lowest BCUT2D eigenvalue weighted by atomic mass is 9.97. The monoisotopic (exact) mass is 388 g/mol. The summed E-state index contributed by atoms with van der Waals surface area (Å²) in [6.45, 7) is 3.16. The van der Waals surface area contributed by atoms with Crippen LogP contribution in [0.2, 0.25) is 0 Å². The van der Waals surface area contributed by atoms with Crippen molar-refractivity contribution in [3.8, 4) is 11.5 Å². The molecule has 2 amide bonds. The van der Waals surface area contributed by atoms with Gasteiger partial charge >= 0.3 is 12.1 Å². The number of alkyl halides is 3. The van der Waals surface area contributed by atoms with E-state index in [1.165, 1.54) is 0 Å². The molecule has 1 aromatic carbocycles. The molecule has 150 valence electrons. The van der Waals surface area contributed by atoms with Gasteiger partial charge in [-0.3, -0.25) is 9.59 Å². The molecule has 0 unspecified atom stereocenters. The summed E-state index contributed by atoms with van der Waals surface area (Å²) in [5.74, 6) is -0.911. The molecule has 0 atom stereocenters. The van der Waals surface area contributed by atoms with Crippen molar-refractivity contribution in [3.05, 3.63) is 24.3 Å². The molecular formula is C18H23F3N2O4. The van der Waals surface area contributed by atoms with Gasteiger partial charge in [0.25, 0.3) is 5.91 Å². The summed E-state index contributed by atoms with van der Waals surface area (Å²) in [4.78, 5) is 24.7. The minimum absolute atomic E-state index is 0.0386. The molecule has 1 aromatic rings. The van der Waals surface area contributed by atoms with Gasteiger partial charge < -0.3 is 19.7 Å². The number of likely N-dealkylation sites (tertiary alicyclic amines) is 1. The molecule has 0 saturated carbocycles. The molecule has 9 heteroatoms. The van der Waals surface area contributed by atoms with Crippen molar-refractivity contribution in [2.45, 2.75) is 25.9 Å². The molecule has 1 aliphatic heterocycles. The van der Waals surface area contributed by atoms with Gasteiger partial charge in [-0.05, 0) is 49.9 Å². The third-order valence-electron chi connectivity index (χ3n) is 4.27. The highest BCUT2D eigenvalue weighted by Crippen LogP contribution is 2.20. The highest BCUT2D eigenvalue weighted by atomic mass is 19.4. The van der Waals surface area contributed by atoms with Crippen LogP contribution in [0.5, 0.6) is 11.5 Å². The Morgan fingerprint density at radius 3 is 2.19 bits per heavy atom. The summed E-state index contributed by atoms with van der Waals surface area (Å²) in [5, 5.41) is 1.89. The van der Waals surface area contributed by atoms with Crippen molar-refractivity contribution < 1.29 is 32.2 Å². The molecule has 1 saturated heterocycles. The second-order valence-corrected chi connectivity index (χ2v) is 6.23. The van der Waals surface area contributed by atoms with E-state index in [4.69, 9.17) is 9.47 Å². The predicted molar refractivity (Wildman–Crippen MR) is 91.5 cm³/mol. The third kappa shape index (κ3) is 6.65. The zero-order chi connectivity index (χ0) is 19.9. The lowest BCUT2D eigenvalue weighted by Crippen LogP contribution is -2.45. The van der Waals surface area contributed by atoms with Crippen LogP contribution in [0.15, 0.2) is 24.3 Å². The minimum Gasteiger partial charge on any atom is -0.494 e. The van der Waals surface area contributed by atoms with E-state index in [1.807, 2.05) is 12.2 Å². The average molecular weight is 388 g/mol. The number of rotatable bonds is 7. The number of nitrogens with zero attached hydrogens (tertiary/aromatic N) is 1.